The normalized spacial score (nSPS) is 24.8. The summed E-state index contributed by atoms with van der Waals surface area (Å²) in [6.45, 7) is 13.6. The Balaban J connectivity index is 0. The predicted molar refractivity (Wildman–Crippen MR) is 93.7 cm³/mol. The molecule has 0 aromatic carbocycles. The van der Waals surface area contributed by atoms with Crippen LogP contribution in [0.5, 0.6) is 0 Å². The van der Waals surface area contributed by atoms with Gasteiger partial charge >= 0.3 is 0 Å². The highest BCUT2D eigenvalue weighted by Gasteiger charge is 2.24. The van der Waals surface area contributed by atoms with E-state index in [-0.39, 0.29) is 11.8 Å². The fourth-order valence-electron chi connectivity index (χ4n) is 2.43. The van der Waals surface area contributed by atoms with Crippen molar-refractivity contribution < 1.29 is 4.79 Å². The van der Waals surface area contributed by atoms with E-state index in [2.05, 4.69) is 29.1 Å². The Hall–Kier alpha value is -0.610. The zero-order valence-electron chi connectivity index (χ0n) is 15.7. The molecule has 0 spiro atoms. The molecule has 2 atom stereocenters. The monoisotopic (exact) mass is 301 g/mol. The third kappa shape index (κ3) is 9.86. The van der Waals surface area contributed by atoms with E-state index in [4.69, 9.17) is 0 Å². The molecule has 0 saturated carbocycles. The fraction of sp³-hybridized carbons (Fsp3) is 0.941. The highest BCUT2D eigenvalue weighted by atomic mass is 16.1. The zero-order valence-corrected chi connectivity index (χ0v) is 15.7. The van der Waals surface area contributed by atoms with Crippen LogP contribution in [0.25, 0.3) is 0 Å². The Morgan fingerprint density at radius 3 is 1.86 bits per heavy atom. The summed E-state index contributed by atoms with van der Waals surface area (Å²) in [7, 11) is 5.93. The van der Waals surface area contributed by atoms with Crippen molar-refractivity contribution in [2.75, 3.05) is 40.8 Å². The number of hydrogen-bond donors (Lipinski definition) is 1. The van der Waals surface area contributed by atoms with E-state index >= 15 is 0 Å². The summed E-state index contributed by atoms with van der Waals surface area (Å²) < 4.78 is 0. The second kappa shape index (κ2) is 14.3. The van der Waals surface area contributed by atoms with Crippen LogP contribution in [0, 0.1) is 5.92 Å². The minimum Gasteiger partial charge on any atom is -0.359 e. The van der Waals surface area contributed by atoms with Gasteiger partial charge in [-0.05, 0) is 53.4 Å². The maximum atomic E-state index is 11.0. The first-order valence-electron chi connectivity index (χ1n) is 8.65. The number of hydrogen-bond acceptors (Lipinski definition) is 3. The first-order chi connectivity index (χ1) is 10.0. The quantitative estimate of drug-likeness (QED) is 0.809. The zero-order chi connectivity index (χ0) is 16.8. The minimum absolute atomic E-state index is 0.185. The van der Waals surface area contributed by atoms with Gasteiger partial charge in [-0.2, -0.15) is 0 Å². The molecule has 0 radical (unpaired) electrons. The standard InChI is InChI=1S/C7H14N2O.C6H13N.2C2H6/c1-8-7(10)6-3-4-9(2)5-6;1-6-4-3-5-7(6)2;2*1-2/h6H,3-5H2,1-2H3,(H,8,10);6H,3-5H2,1-2H3;2*1-2H3. The van der Waals surface area contributed by atoms with E-state index in [0.717, 1.165) is 25.6 Å². The summed E-state index contributed by atoms with van der Waals surface area (Å²) in [6, 6.07) is 0.847. The second-order valence-electron chi connectivity index (χ2n) is 5.33. The van der Waals surface area contributed by atoms with Crippen molar-refractivity contribution in [2.24, 2.45) is 5.92 Å². The average molecular weight is 302 g/mol. The Bertz CT molecular complexity index is 238. The molecule has 0 aliphatic carbocycles. The average Bonchev–Trinajstić information content (AvgIpc) is 3.12. The van der Waals surface area contributed by atoms with Gasteiger partial charge in [-0.1, -0.05) is 27.7 Å². The lowest BCUT2D eigenvalue weighted by Gasteiger charge is -2.12. The number of carbonyl (C=O) groups is 1. The lowest BCUT2D eigenvalue weighted by atomic mass is 10.1. The number of nitrogens with zero attached hydrogens (tertiary/aromatic N) is 2. The largest absolute Gasteiger partial charge is 0.359 e. The van der Waals surface area contributed by atoms with Crippen LogP contribution in [-0.4, -0.2) is 62.5 Å². The van der Waals surface area contributed by atoms with E-state index in [1.54, 1.807) is 7.05 Å². The maximum absolute atomic E-state index is 11.0. The van der Waals surface area contributed by atoms with Crippen LogP contribution in [0.3, 0.4) is 0 Å². The molecule has 2 rings (SSSR count). The van der Waals surface area contributed by atoms with Crippen molar-refractivity contribution in [2.45, 2.75) is 59.9 Å². The van der Waals surface area contributed by atoms with Crippen LogP contribution < -0.4 is 5.32 Å². The van der Waals surface area contributed by atoms with Gasteiger partial charge in [-0.3, -0.25) is 4.79 Å². The molecule has 2 heterocycles. The van der Waals surface area contributed by atoms with Crippen molar-refractivity contribution >= 4 is 5.91 Å². The van der Waals surface area contributed by atoms with Gasteiger partial charge in [0.25, 0.3) is 0 Å². The molecule has 2 saturated heterocycles. The van der Waals surface area contributed by atoms with E-state index < -0.39 is 0 Å². The summed E-state index contributed by atoms with van der Waals surface area (Å²) in [5.74, 6) is 0.416. The molecule has 0 aromatic heterocycles. The van der Waals surface area contributed by atoms with Crippen LogP contribution in [0.1, 0.15) is 53.9 Å². The summed E-state index contributed by atoms with van der Waals surface area (Å²) in [5, 5.41) is 2.66. The minimum atomic E-state index is 0.185. The van der Waals surface area contributed by atoms with Crippen LogP contribution in [0.15, 0.2) is 0 Å². The molecule has 0 aromatic rings. The molecule has 1 N–H and O–H groups in total. The lowest BCUT2D eigenvalue weighted by Crippen LogP contribution is -2.29. The topological polar surface area (TPSA) is 35.6 Å². The summed E-state index contributed by atoms with van der Waals surface area (Å²) in [6.07, 6.45) is 3.81. The van der Waals surface area contributed by atoms with Gasteiger partial charge in [0.15, 0.2) is 0 Å². The number of nitrogens with one attached hydrogen (secondary N) is 1. The van der Waals surface area contributed by atoms with Crippen LogP contribution in [-0.2, 0) is 4.79 Å². The third-order valence-corrected chi connectivity index (χ3v) is 3.89. The SMILES string of the molecule is CC.CC.CC1CCCN1C.CNC(=O)C1CCN(C)C1. The molecule has 0 bridgehead atoms. The molecule has 128 valence electrons. The third-order valence-electron chi connectivity index (χ3n) is 3.89. The molecule has 2 fully saturated rings. The van der Waals surface area contributed by atoms with E-state index in [1.165, 1.54) is 19.4 Å². The van der Waals surface area contributed by atoms with Crippen LogP contribution in [0.4, 0.5) is 0 Å². The molecule has 1 amide bonds. The summed E-state index contributed by atoms with van der Waals surface area (Å²) >= 11 is 0. The number of rotatable bonds is 1. The molecule has 2 unspecified atom stereocenters. The van der Waals surface area contributed by atoms with E-state index in [9.17, 15) is 4.79 Å². The fourth-order valence-corrected chi connectivity index (χ4v) is 2.43. The summed E-state index contributed by atoms with van der Waals surface area (Å²) in [5.41, 5.74) is 0. The highest BCUT2D eigenvalue weighted by molar-refractivity contribution is 5.78. The lowest BCUT2D eigenvalue weighted by molar-refractivity contribution is -0.124. The van der Waals surface area contributed by atoms with Gasteiger partial charge in [0.05, 0.1) is 5.92 Å². The Kier molecular flexibility index (Phi) is 15.5. The second-order valence-corrected chi connectivity index (χ2v) is 5.33. The van der Waals surface area contributed by atoms with Gasteiger partial charge in [0.1, 0.15) is 0 Å². The van der Waals surface area contributed by atoms with Crippen molar-refractivity contribution in [3.05, 3.63) is 0 Å². The van der Waals surface area contributed by atoms with E-state index in [0.29, 0.717) is 0 Å². The Labute approximate surface area is 133 Å². The van der Waals surface area contributed by atoms with Gasteiger partial charge < -0.3 is 15.1 Å². The predicted octanol–water partition coefficient (Wildman–Crippen LogP) is 2.84. The molecule has 4 heteroatoms. The highest BCUT2D eigenvalue weighted by Crippen LogP contribution is 2.13. The Morgan fingerprint density at radius 1 is 1.05 bits per heavy atom. The molecule has 2 aliphatic heterocycles. The maximum Gasteiger partial charge on any atom is 0.224 e. The first kappa shape index (κ1) is 22.7. The smallest absolute Gasteiger partial charge is 0.224 e. The van der Waals surface area contributed by atoms with Crippen molar-refractivity contribution in [1.29, 1.82) is 0 Å². The van der Waals surface area contributed by atoms with Crippen LogP contribution >= 0.6 is 0 Å². The first-order valence-corrected chi connectivity index (χ1v) is 8.65. The van der Waals surface area contributed by atoms with Crippen LogP contribution in [0.2, 0.25) is 0 Å². The molecule has 4 nitrogen and oxygen atoms in total. The number of carbonyl (C=O) groups excluding carboxylic acids is 1. The van der Waals surface area contributed by atoms with Gasteiger partial charge in [0, 0.05) is 19.6 Å². The number of likely N-dealkylation sites (tertiary alicyclic amines) is 2. The van der Waals surface area contributed by atoms with Gasteiger partial charge in [-0.25, -0.2) is 0 Å². The van der Waals surface area contributed by atoms with E-state index in [1.807, 2.05) is 34.7 Å². The summed E-state index contributed by atoms with van der Waals surface area (Å²) in [4.78, 5) is 15.6. The molecular weight excluding hydrogens is 262 g/mol. The number of amides is 1. The molecule has 21 heavy (non-hydrogen) atoms. The van der Waals surface area contributed by atoms with Crippen molar-refractivity contribution in [1.82, 2.24) is 15.1 Å². The van der Waals surface area contributed by atoms with Crippen molar-refractivity contribution in [3.8, 4) is 0 Å². The molecular formula is C17H39N3O. The van der Waals surface area contributed by atoms with Crippen molar-refractivity contribution in [3.63, 3.8) is 0 Å². The van der Waals surface area contributed by atoms with Gasteiger partial charge in [-0.15, -0.1) is 0 Å². The Morgan fingerprint density at radius 2 is 1.62 bits per heavy atom. The molecule has 2 aliphatic rings. The van der Waals surface area contributed by atoms with Gasteiger partial charge in [0.2, 0.25) is 5.91 Å².